The molecule has 0 unspecified atom stereocenters. The van der Waals surface area contributed by atoms with Crippen LogP contribution in [0.15, 0.2) is 170 Å². The summed E-state index contributed by atoms with van der Waals surface area (Å²) >= 11 is 4.97. The molecule has 6 aromatic rings. The third-order valence-corrected chi connectivity index (χ3v) is 17.5. The van der Waals surface area contributed by atoms with E-state index in [2.05, 4.69) is 134 Å². The number of aliphatic hydroxyl groups excluding tert-OH is 3. The summed E-state index contributed by atoms with van der Waals surface area (Å²) in [7, 11) is 0. The van der Waals surface area contributed by atoms with Crippen LogP contribution in [0, 0.1) is 17.8 Å². The highest BCUT2D eigenvalue weighted by molar-refractivity contribution is 6.63. The number of nitrogens with zero attached hydrogens (tertiary/aromatic N) is 3. The second-order valence-corrected chi connectivity index (χ2v) is 28.6. The number of aromatic hydroxyl groups is 1. The molecule has 107 heavy (non-hydrogen) atoms. The minimum atomic E-state index is -1.26. The molecule has 0 radical (unpaired) electrons. The Morgan fingerprint density at radius 3 is 0.804 bits per heavy atom. The quantitative estimate of drug-likeness (QED) is 0.00821. The maximum atomic E-state index is 12.3. The first kappa shape index (κ1) is 96.2. The van der Waals surface area contributed by atoms with E-state index in [0.717, 1.165) is 72.3 Å². The molecule has 3 atom stereocenters. The van der Waals surface area contributed by atoms with Crippen molar-refractivity contribution < 1.29 is 83.9 Å². The van der Waals surface area contributed by atoms with Gasteiger partial charge in [0, 0.05) is 101 Å². The van der Waals surface area contributed by atoms with Gasteiger partial charge in [-0.2, -0.15) is 0 Å². The van der Waals surface area contributed by atoms with Crippen LogP contribution in [0.25, 0.3) is 0 Å². The lowest BCUT2D eigenvalue weighted by Crippen LogP contribution is -2.38. The van der Waals surface area contributed by atoms with Gasteiger partial charge in [0.2, 0.25) is 5.24 Å². The first-order valence-electron chi connectivity index (χ1n) is 36.5. The zero-order chi connectivity index (χ0) is 81.2. The van der Waals surface area contributed by atoms with Gasteiger partial charge in [-0.15, -0.1) is 0 Å². The fraction of sp³-hybridized carbons (Fsp3) is 0.453. The number of aliphatic carboxylic acids is 4. The van der Waals surface area contributed by atoms with Crippen molar-refractivity contribution in [2.24, 2.45) is 17.8 Å². The van der Waals surface area contributed by atoms with Gasteiger partial charge in [0.05, 0.1) is 31.7 Å². The van der Waals surface area contributed by atoms with Crippen LogP contribution in [-0.2, 0) is 53.4 Å². The third-order valence-electron chi connectivity index (χ3n) is 17.1. The summed E-state index contributed by atoms with van der Waals surface area (Å²) in [6.45, 7) is 40.2. The first-order valence-corrected chi connectivity index (χ1v) is 36.9. The number of phenolic OH excluding ortho intramolecular Hbond substituents is 1. The van der Waals surface area contributed by atoms with Crippen LogP contribution in [0.1, 0.15) is 212 Å². The molecule has 21 heteroatoms. The van der Waals surface area contributed by atoms with Crippen molar-refractivity contribution in [1.29, 1.82) is 0 Å². The molecule has 0 aliphatic carbocycles. The number of esters is 2. The summed E-state index contributed by atoms with van der Waals surface area (Å²) in [5.41, 5.74) is 8.83. The van der Waals surface area contributed by atoms with Gasteiger partial charge in [-0.25, -0.2) is 19.2 Å². The standard InChI is InChI=1S/2C26H37NO3.C22H31NO2.C4H7ClO.2C4H4O4/c2*1-18(2)26(29)30-25-13-12-21(17-28)16-24(25)23(22-10-8-7-9-11-22)14-15-27(19(3)4)20(5)6;1-16(2)23(17(3)4)13-12-20(19-8-6-5-7-9-19)21-14-18(15-24)10-11-22(21)25;1-3(2)4(5)6;2*5-3(6)1-2-4(7)8/h2*7-13,16,18-20,23,28H,14-15,17H2,1-6H3;5-11,14,16-17,20,24-25H,12-13,15H2,1-4H3;3H,1-2H3;2*1-2H,(H,5,6)(H,7,8)/b;;;;2*2-1+/t2*23-;20-;;;/m111.../s1. The normalized spacial score (nSPS) is 12.1. The average Bonchev–Trinajstić information content (AvgIpc) is 0.818. The summed E-state index contributed by atoms with van der Waals surface area (Å²) < 4.78 is 11.6. The monoisotopic (exact) mass is 1500 g/mol. The molecular weight excluding hydrogens is 1380 g/mol. The van der Waals surface area contributed by atoms with E-state index in [9.17, 15) is 54.0 Å². The highest BCUT2D eigenvalue weighted by Crippen LogP contribution is 2.39. The topological polar surface area (TPSA) is 310 Å². The number of carboxylic acids is 4. The molecule has 0 amide bonds. The fourth-order valence-electron chi connectivity index (χ4n) is 11.6. The van der Waals surface area contributed by atoms with Crippen LogP contribution >= 0.6 is 11.6 Å². The number of hydrogen-bond donors (Lipinski definition) is 8. The van der Waals surface area contributed by atoms with E-state index >= 15 is 0 Å². The van der Waals surface area contributed by atoms with Gasteiger partial charge in [-0.1, -0.05) is 151 Å². The summed E-state index contributed by atoms with van der Waals surface area (Å²) in [4.78, 5) is 80.2. The molecule has 0 saturated carbocycles. The molecule has 588 valence electrons. The van der Waals surface area contributed by atoms with Crippen molar-refractivity contribution in [2.75, 3.05) is 19.6 Å². The van der Waals surface area contributed by atoms with E-state index in [1.807, 2.05) is 125 Å². The molecule has 0 aliphatic heterocycles. The van der Waals surface area contributed by atoms with Crippen molar-refractivity contribution in [1.82, 2.24) is 14.7 Å². The van der Waals surface area contributed by atoms with E-state index in [4.69, 9.17) is 41.5 Å². The maximum Gasteiger partial charge on any atom is 0.328 e. The number of carboxylic acid groups (broad SMARTS) is 4. The Labute approximate surface area is 640 Å². The minimum absolute atomic E-state index is 0.0150. The number of carbonyl (C=O) groups excluding carboxylic acids is 3. The van der Waals surface area contributed by atoms with Gasteiger partial charge in [-0.05, 0) is 203 Å². The van der Waals surface area contributed by atoms with Crippen LogP contribution < -0.4 is 9.47 Å². The van der Waals surface area contributed by atoms with E-state index in [1.165, 1.54) is 16.7 Å². The van der Waals surface area contributed by atoms with Crippen LogP contribution in [0.4, 0.5) is 0 Å². The minimum Gasteiger partial charge on any atom is -0.508 e. The SMILES string of the molecule is CC(C)C(=O)Cl.CC(C)C(=O)Oc1ccc(CO)cc1[C@H](CCN(C(C)C)C(C)C)c1ccccc1.CC(C)C(=O)Oc1ccc(CO)cc1[C@H](CCN(C(C)C)C(C)C)c1ccccc1.CC(C)N(CC[C@H](c1ccccc1)c1cc(CO)ccc1O)C(C)C.O=C(O)/C=C/C(=O)O.O=C(O)/C=C/C(=O)O. The van der Waals surface area contributed by atoms with Crippen molar-refractivity contribution >= 4 is 52.7 Å². The number of benzene rings is 6. The molecule has 0 aromatic heterocycles. The molecule has 0 aliphatic rings. The Balaban J connectivity index is 0.000000703. The lowest BCUT2D eigenvalue weighted by molar-refractivity contribution is -0.138. The summed E-state index contributed by atoms with van der Waals surface area (Å²) in [6, 6.07) is 50.4. The second kappa shape index (κ2) is 51.4. The predicted octanol–water partition coefficient (Wildman–Crippen LogP) is 16.1. The molecule has 0 spiro atoms. The lowest BCUT2D eigenvalue weighted by Gasteiger charge is -2.32. The Hall–Kier alpha value is -8.86. The average molecular weight is 1500 g/mol. The molecule has 0 bridgehead atoms. The maximum absolute atomic E-state index is 12.3. The van der Waals surface area contributed by atoms with Gasteiger partial charge in [0.15, 0.2) is 0 Å². The number of rotatable bonds is 33. The first-order chi connectivity index (χ1) is 50.3. The van der Waals surface area contributed by atoms with Crippen LogP contribution in [0.5, 0.6) is 17.2 Å². The third kappa shape index (κ3) is 37.5. The molecule has 0 fully saturated rings. The van der Waals surface area contributed by atoms with E-state index in [1.54, 1.807) is 26.0 Å². The largest absolute Gasteiger partial charge is 0.508 e. The van der Waals surface area contributed by atoms with E-state index in [0.29, 0.717) is 77.8 Å². The zero-order valence-corrected chi connectivity index (χ0v) is 66.7. The molecule has 20 nitrogen and oxygen atoms in total. The molecule has 6 rings (SSSR count). The summed E-state index contributed by atoms with van der Waals surface area (Å²) in [5, 5.41) is 70.4. The number of hydrogen-bond acceptors (Lipinski definition) is 16. The van der Waals surface area contributed by atoms with E-state index in [-0.39, 0.29) is 72.5 Å². The smallest absolute Gasteiger partial charge is 0.328 e. The Morgan fingerprint density at radius 1 is 0.355 bits per heavy atom. The van der Waals surface area contributed by atoms with Crippen LogP contribution in [0.2, 0.25) is 0 Å². The van der Waals surface area contributed by atoms with Gasteiger partial charge < -0.3 is 50.3 Å². The lowest BCUT2D eigenvalue weighted by atomic mass is 9.86. The summed E-state index contributed by atoms with van der Waals surface area (Å²) in [5.74, 6) is -4.26. The molecule has 8 N–H and O–H groups in total. The van der Waals surface area contributed by atoms with Gasteiger partial charge in [0.1, 0.15) is 17.2 Å². The number of aliphatic hydroxyl groups is 3. The van der Waals surface area contributed by atoms with Crippen LogP contribution in [0.3, 0.4) is 0 Å². The van der Waals surface area contributed by atoms with Crippen LogP contribution in [-0.4, -0.2) is 152 Å². The van der Waals surface area contributed by atoms with Crippen molar-refractivity contribution in [3.05, 3.63) is 220 Å². The number of halogens is 1. The highest BCUT2D eigenvalue weighted by atomic mass is 35.5. The molecule has 0 heterocycles. The van der Waals surface area contributed by atoms with Crippen molar-refractivity contribution in [3.8, 4) is 17.2 Å². The van der Waals surface area contributed by atoms with E-state index < -0.39 is 23.9 Å². The number of ether oxygens (including phenoxy) is 2. The zero-order valence-electron chi connectivity index (χ0n) is 65.9. The summed E-state index contributed by atoms with van der Waals surface area (Å²) in [6.07, 6.45) is 4.93. The van der Waals surface area contributed by atoms with Gasteiger partial charge in [-0.3, -0.25) is 29.1 Å². The molecule has 6 aromatic carbocycles. The molecular formula is C86H120ClN3O17. The van der Waals surface area contributed by atoms with Gasteiger partial charge >= 0.3 is 35.8 Å². The highest BCUT2D eigenvalue weighted by Gasteiger charge is 2.27. The second-order valence-electron chi connectivity index (χ2n) is 28.3. The number of phenols is 1. The number of carbonyl (C=O) groups is 7. The van der Waals surface area contributed by atoms with Gasteiger partial charge in [0.25, 0.3) is 0 Å². The molecule has 0 saturated heterocycles. The fourth-order valence-corrected chi connectivity index (χ4v) is 11.6. The Morgan fingerprint density at radius 2 is 0.589 bits per heavy atom. The van der Waals surface area contributed by atoms with Crippen molar-refractivity contribution in [3.63, 3.8) is 0 Å². The predicted molar refractivity (Wildman–Crippen MR) is 424 cm³/mol. The Bertz CT molecular complexity index is 3440. The Kier molecular flexibility index (Phi) is 46.2. The van der Waals surface area contributed by atoms with Crippen molar-refractivity contribution in [2.45, 2.75) is 218 Å².